The number of hydrogen-bond acceptors (Lipinski definition) is 9. The summed E-state index contributed by atoms with van der Waals surface area (Å²) in [6, 6.07) is 7.93. The van der Waals surface area contributed by atoms with Crippen molar-refractivity contribution in [2.75, 3.05) is 29.9 Å². The number of benzene rings is 1. The zero-order chi connectivity index (χ0) is 28.1. The minimum Gasteiger partial charge on any atom is -0.489 e. The summed E-state index contributed by atoms with van der Waals surface area (Å²) in [4.78, 5) is 16.5. The highest BCUT2D eigenvalue weighted by molar-refractivity contribution is 5.90. The van der Waals surface area contributed by atoms with Gasteiger partial charge in [0.05, 0.1) is 17.8 Å². The van der Waals surface area contributed by atoms with Crippen molar-refractivity contribution in [1.82, 2.24) is 20.0 Å². The largest absolute Gasteiger partial charge is 0.489 e. The van der Waals surface area contributed by atoms with Crippen molar-refractivity contribution >= 4 is 34.6 Å². The van der Waals surface area contributed by atoms with E-state index in [0.717, 1.165) is 59.3 Å². The number of aromatic nitrogens is 3. The van der Waals surface area contributed by atoms with E-state index in [4.69, 9.17) is 14.5 Å². The van der Waals surface area contributed by atoms with Gasteiger partial charge in [-0.05, 0) is 50.1 Å². The van der Waals surface area contributed by atoms with Gasteiger partial charge in [0.2, 0.25) is 0 Å². The van der Waals surface area contributed by atoms with Gasteiger partial charge in [0.1, 0.15) is 23.4 Å². The van der Waals surface area contributed by atoms with E-state index in [2.05, 4.69) is 45.7 Å². The van der Waals surface area contributed by atoms with Gasteiger partial charge >= 0.3 is 0 Å². The number of fused-ring (bicyclic) bond motifs is 2. The number of allylic oxidation sites excluding steroid dienone is 2. The van der Waals surface area contributed by atoms with Crippen LogP contribution in [0.5, 0.6) is 11.5 Å². The molecule has 40 heavy (non-hydrogen) atoms. The molecular weight excluding hydrogens is 502 g/mol. The molecule has 3 aromatic rings. The number of hydrogen-bond donors (Lipinski definition) is 1. The van der Waals surface area contributed by atoms with Crippen molar-refractivity contribution in [2.45, 2.75) is 47.0 Å². The van der Waals surface area contributed by atoms with Crippen LogP contribution in [0.1, 0.15) is 45.6 Å². The fourth-order valence-corrected chi connectivity index (χ4v) is 4.80. The van der Waals surface area contributed by atoms with E-state index in [1.54, 1.807) is 17.6 Å². The van der Waals surface area contributed by atoms with E-state index in [1.165, 1.54) is 12.8 Å². The molecule has 2 aromatic heterocycles. The summed E-state index contributed by atoms with van der Waals surface area (Å²) >= 11 is 0. The average Bonchev–Trinajstić information content (AvgIpc) is 3.09. The van der Waals surface area contributed by atoms with Crippen LogP contribution >= 0.6 is 0 Å². The zero-order valence-electron chi connectivity index (χ0n) is 23.7. The van der Waals surface area contributed by atoms with Crippen LogP contribution in [0.2, 0.25) is 0 Å². The third kappa shape index (κ3) is 6.09. The van der Waals surface area contributed by atoms with E-state index < -0.39 is 0 Å². The summed E-state index contributed by atoms with van der Waals surface area (Å²) in [5.41, 5.74) is 4.05. The van der Waals surface area contributed by atoms with Crippen LogP contribution < -0.4 is 19.7 Å². The molecule has 9 heteroatoms. The third-order valence-corrected chi connectivity index (χ3v) is 6.83. The van der Waals surface area contributed by atoms with Gasteiger partial charge < -0.3 is 19.7 Å². The Labute approximate surface area is 235 Å². The normalized spacial score (nSPS) is 17.1. The van der Waals surface area contributed by atoms with Crippen molar-refractivity contribution in [3.05, 3.63) is 72.5 Å². The highest BCUT2D eigenvalue weighted by atomic mass is 16.5. The van der Waals surface area contributed by atoms with Crippen LogP contribution in [0, 0.1) is 12.8 Å². The van der Waals surface area contributed by atoms with Crippen LogP contribution in [-0.4, -0.2) is 45.9 Å². The maximum Gasteiger partial charge on any atom is 0.172 e. The highest BCUT2D eigenvalue weighted by Crippen LogP contribution is 2.35. The molecule has 2 aliphatic rings. The first-order chi connectivity index (χ1) is 19.4. The van der Waals surface area contributed by atoms with Crippen molar-refractivity contribution in [1.29, 1.82) is 0 Å². The number of hydrazone groups is 1. The van der Waals surface area contributed by atoms with E-state index in [-0.39, 0.29) is 0 Å². The molecule has 2 aliphatic heterocycles. The number of nitrogens with one attached hydrogen (secondary N) is 1. The minimum atomic E-state index is 0.410. The molecule has 9 nitrogen and oxygen atoms in total. The van der Waals surface area contributed by atoms with Gasteiger partial charge in [0.25, 0.3) is 0 Å². The maximum atomic E-state index is 6.16. The lowest BCUT2D eigenvalue weighted by atomic mass is 10.1. The molecule has 1 N–H and O–H groups in total. The number of rotatable bonds is 9. The summed E-state index contributed by atoms with van der Waals surface area (Å²) in [5, 5.41) is 9.38. The van der Waals surface area contributed by atoms with Gasteiger partial charge in [-0.2, -0.15) is 5.10 Å². The zero-order valence-corrected chi connectivity index (χ0v) is 23.7. The van der Waals surface area contributed by atoms with Crippen molar-refractivity contribution in [3.63, 3.8) is 0 Å². The lowest BCUT2D eigenvalue weighted by Crippen LogP contribution is -2.30. The Balaban J connectivity index is 1.38. The van der Waals surface area contributed by atoms with Crippen molar-refractivity contribution < 1.29 is 9.47 Å². The van der Waals surface area contributed by atoms with Gasteiger partial charge in [-0.3, -0.25) is 0 Å². The lowest BCUT2D eigenvalue weighted by molar-refractivity contribution is 0.273. The Morgan fingerprint density at radius 3 is 2.90 bits per heavy atom. The molecule has 208 valence electrons. The van der Waals surface area contributed by atoms with Crippen LogP contribution in [-0.2, 0) is 0 Å². The van der Waals surface area contributed by atoms with Gasteiger partial charge in [-0.1, -0.05) is 33.3 Å². The molecule has 4 heterocycles. The SMILES string of the molecule is C=C1C=C(Oc2ccc(Nc3ncnc4cc5c(nc34)N(CCCCC)CC(C)CO5)cc2C)C=CN1/N=C\C. The van der Waals surface area contributed by atoms with Crippen molar-refractivity contribution in [3.8, 4) is 11.5 Å². The second kappa shape index (κ2) is 12.2. The Hall–Kier alpha value is -4.40. The van der Waals surface area contributed by atoms with Gasteiger partial charge in [-0.15, -0.1) is 0 Å². The molecule has 0 fully saturated rings. The Morgan fingerprint density at radius 2 is 2.12 bits per heavy atom. The topological polar surface area (TPSA) is 88.0 Å². The fourth-order valence-electron chi connectivity index (χ4n) is 4.80. The minimum absolute atomic E-state index is 0.410. The molecule has 0 spiro atoms. The molecule has 1 atom stereocenters. The van der Waals surface area contributed by atoms with Gasteiger partial charge in [0, 0.05) is 49.3 Å². The highest BCUT2D eigenvalue weighted by Gasteiger charge is 2.24. The first-order valence-electron chi connectivity index (χ1n) is 13.9. The van der Waals surface area contributed by atoms with Gasteiger partial charge in [-0.25, -0.2) is 20.0 Å². The predicted molar refractivity (Wildman–Crippen MR) is 161 cm³/mol. The third-order valence-electron chi connectivity index (χ3n) is 6.83. The molecule has 0 bridgehead atoms. The standard InChI is InChI=1S/C31H37N7O2/c1-6-8-9-13-37-18-21(3)19-39-28-17-26-29(36-31(28)37)30(33-20-32-26)35-24-10-11-27(22(4)15-24)40-25-12-14-38(34-7-2)23(5)16-25/h7,10-12,14-17,20-21H,5-6,8-9,13,18-19H2,1-4H3,(H,32,33,35)/b34-7-. The second-order valence-electron chi connectivity index (χ2n) is 10.2. The van der Waals surface area contributed by atoms with Crippen LogP contribution in [0.4, 0.5) is 17.3 Å². The summed E-state index contributed by atoms with van der Waals surface area (Å²) < 4.78 is 12.3. The number of unbranched alkanes of at least 4 members (excludes halogenated alkanes) is 2. The Morgan fingerprint density at radius 1 is 1.25 bits per heavy atom. The first kappa shape index (κ1) is 27.2. The fraction of sp³-hybridized carbons (Fsp3) is 0.355. The second-order valence-corrected chi connectivity index (χ2v) is 10.2. The number of ether oxygens (including phenoxy) is 2. The molecule has 0 saturated carbocycles. The van der Waals surface area contributed by atoms with E-state index in [1.807, 2.05) is 56.5 Å². The Bertz CT molecular complexity index is 1480. The van der Waals surface area contributed by atoms with E-state index >= 15 is 0 Å². The lowest BCUT2D eigenvalue weighted by Gasteiger charge is -2.24. The summed E-state index contributed by atoms with van der Waals surface area (Å²) in [5.74, 6) is 4.17. The number of pyridine rings is 1. The molecule has 0 amide bonds. The summed E-state index contributed by atoms with van der Waals surface area (Å²) in [6.07, 6.45) is 12.3. The Kier molecular flexibility index (Phi) is 8.28. The number of nitrogens with zero attached hydrogens (tertiary/aromatic N) is 6. The monoisotopic (exact) mass is 539 g/mol. The molecule has 0 aliphatic carbocycles. The molecule has 0 radical (unpaired) electrons. The molecule has 5 rings (SSSR count). The van der Waals surface area contributed by atoms with Gasteiger partial charge in [0.15, 0.2) is 17.4 Å². The summed E-state index contributed by atoms with van der Waals surface area (Å²) in [7, 11) is 0. The maximum absolute atomic E-state index is 6.16. The molecular formula is C31H37N7O2. The molecule has 0 saturated heterocycles. The first-order valence-corrected chi connectivity index (χ1v) is 13.9. The van der Waals surface area contributed by atoms with E-state index in [0.29, 0.717) is 29.6 Å². The molecule has 1 aromatic carbocycles. The number of aryl methyl sites for hydroxylation is 1. The average molecular weight is 540 g/mol. The van der Waals surface area contributed by atoms with Crippen LogP contribution in [0.25, 0.3) is 11.0 Å². The number of anilines is 3. The smallest absolute Gasteiger partial charge is 0.172 e. The van der Waals surface area contributed by atoms with Crippen LogP contribution in [0.3, 0.4) is 0 Å². The van der Waals surface area contributed by atoms with E-state index in [9.17, 15) is 0 Å². The predicted octanol–water partition coefficient (Wildman–Crippen LogP) is 6.71. The molecule has 1 unspecified atom stereocenters. The van der Waals surface area contributed by atoms with Crippen molar-refractivity contribution in [2.24, 2.45) is 11.0 Å². The summed E-state index contributed by atoms with van der Waals surface area (Å²) in [6.45, 7) is 14.9. The van der Waals surface area contributed by atoms with Crippen LogP contribution in [0.15, 0.2) is 72.1 Å². The quantitative estimate of drug-likeness (QED) is 0.237.